The van der Waals surface area contributed by atoms with E-state index in [0.29, 0.717) is 21.2 Å². The molecule has 0 heterocycles. The van der Waals surface area contributed by atoms with Crippen LogP contribution in [0.15, 0.2) is 102 Å². The van der Waals surface area contributed by atoms with Crippen LogP contribution in [0.5, 0.6) is 0 Å². The van der Waals surface area contributed by atoms with Crippen LogP contribution in [0.3, 0.4) is 0 Å². The van der Waals surface area contributed by atoms with Crippen molar-refractivity contribution in [3.05, 3.63) is 124 Å². The molecule has 0 radical (unpaired) electrons. The molecule has 4 nitrogen and oxygen atoms in total. The molecule has 0 aliphatic heterocycles. The summed E-state index contributed by atoms with van der Waals surface area (Å²) in [5.74, 6) is -0.731. The zero-order valence-corrected chi connectivity index (χ0v) is 22.5. The van der Waals surface area contributed by atoms with E-state index in [1.165, 1.54) is 11.8 Å². The highest BCUT2D eigenvalue weighted by molar-refractivity contribution is 8.00. The number of rotatable bonds is 8. The van der Waals surface area contributed by atoms with Gasteiger partial charge in [0.25, 0.3) is 0 Å². The summed E-state index contributed by atoms with van der Waals surface area (Å²) < 4.78 is 39.6. The number of hydrogen-bond donors (Lipinski definition) is 2. The van der Waals surface area contributed by atoms with Crippen LogP contribution in [0.25, 0.3) is 0 Å². The largest absolute Gasteiger partial charge is 0.416 e. The Balaban J connectivity index is 1.48. The summed E-state index contributed by atoms with van der Waals surface area (Å²) in [7, 11) is 0. The Bertz CT molecular complexity index is 1450. The number of halogens is 5. The highest BCUT2D eigenvalue weighted by Gasteiger charge is 2.31. The van der Waals surface area contributed by atoms with E-state index in [1.807, 2.05) is 0 Å². The molecule has 1 unspecified atom stereocenters. The van der Waals surface area contributed by atoms with Crippen molar-refractivity contribution in [2.75, 3.05) is 10.6 Å². The molecule has 0 bridgehead atoms. The summed E-state index contributed by atoms with van der Waals surface area (Å²) in [5.41, 5.74) is 1.01. The number of hydrogen-bond acceptors (Lipinski definition) is 3. The van der Waals surface area contributed by atoms with Gasteiger partial charge in [0.1, 0.15) is 5.25 Å². The van der Waals surface area contributed by atoms with Crippen molar-refractivity contribution in [2.45, 2.75) is 22.7 Å². The van der Waals surface area contributed by atoms with E-state index >= 15 is 0 Å². The number of thioether (sulfide) groups is 1. The lowest BCUT2D eigenvalue weighted by molar-refractivity contribution is -0.137. The van der Waals surface area contributed by atoms with Gasteiger partial charge in [-0.15, -0.1) is 11.8 Å². The van der Waals surface area contributed by atoms with Gasteiger partial charge in [0.2, 0.25) is 11.8 Å². The second kappa shape index (κ2) is 12.6. The van der Waals surface area contributed by atoms with Gasteiger partial charge >= 0.3 is 6.18 Å². The van der Waals surface area contributed by atoms with Crippen LogP contribution in [0.4, 0.5) is 24.5 Å². The SMILES string of the molecule is O=C(Cc1ccc(Cl)cc1)Nc1ccc(SC(C(=O)Nc2cc(C(F)(F)F)ccc2Cl)c2ccccc2)cc1. The Morgan fingerprint density at radius 3 is 2.13 bits per heavy atom. The van der Waals surface area contributed by atoms with Crippen molar-refractivity contribution < 1.29 is 22.8 Å². The zero-order valence-electron chi connectivity index (χ0n) is 20.1. The Morgan fingerprint density at radius 2 is 1.49 bits per heavy atom. The lowest BCUT2D eigenvalue weighted by Crippen LogP contribution is -2.19. The predicted molar refractivity (Wildman–Crippen MR) is 150 cm³/mol. The van der Waals surface area contributed by atoms with Crippen LogP contribution in [0, 0.1) is 0 Å². The fourth-order valence-corrected chi connectivity index (χ4v) is 4.96. The number of anilines is 2. The van der Waals surface area contributed by atoms with Gasteiger partial charge < -0.3 is 10.6 Å². The van der Waals surface area contributed by atoms with Crippen LogP contribution in [0.2, 0.25) is 10.0 Å². The van der Waals surface area contributed by atoms with Crippen molar-refractivity contribution in [3.8, 4) is 0 Å². The number of carbonyl (C=O) groups excluding carboxylic acids is 2. The summed E-state index contributed by atoms with van der Waals surface area (Å²) >= 11 is 13.2. The van der Waals surface area contributed by atoms with Crippen molar-refractivity contribution in [3.63, 3.8) is 0 Å². The highest BCUT2D eigenvalue weighted by atomic mass is 35.5. The van der Waals surface area contributed by atoms with Gasteiger partial charge in [-0.1, -0.05) is 65.7 Å². The van der Waals surface area contributed by atoms with Crippen molar-refractivity contribution in [1.82, 2.24) is 0 Å². The van der Waals surface area contributed by atoms with Gasteiger partial charge in [-0.3, -0.25) is 9.59 Å². The van der Waals surface area contributed by atoms with Crippen LogP contribution < -0.4 is 10.6 Å². The second-order valence-corrected chi connectivity index (χ2v) is 10.5. The molecule has 0 aromatic heterocycles. The number of benzene rings is 4. The molecule has 4 aromatic rings. The van der Waals surface area contributed by atoms with Crippen LogP contribution in [0.1, 0.15) is 21.9 Å². The summed E-state index contributed by atoms with van der Waals surface area (Å²) in [4.78, 5) is 26.4. The first kappa shape index (κ1) is 28.5. The van der Waals surface area contributed by atoms with E-state index in [-0.39, 0.29) is 23.0 Å². The predicted octanol–water partition coefficient (Wildman–Crippen LogP) is 8.67. The first-order valence-electron chi connectivity index (χ1n) is 11.6. The normalized spacial score (nSPS) is 12.0. The summed E-state index contributed by atoms with van der Waals surface area (Å²) in [6, 6.07) is 25.6. The Hall–Kier alpha value is -3.46. The van der Waals surface area contributed by atoms with E-state index in [9.17, 15) is 22.8 Å². The molecule has 0 saturated carbocycles. The van der Waals surface area contributed by atoms with Crippen LogP contribution in [-0.2, 0) is 22.2 Å². The molecule has 2 N–H and O–H groups in total. The number of alkyl halides is 3. The smallest absolute Gasteiger partial charge is 0.326 e. The first-order valence-corrected chi connectivity index (χ1v) is 13.3. The molecule has 39 heavy (non-hydrogen) atoms. The molecule has 2 amide bonds. The van der Waals surface area contributed by atoms with Gasteiger partial charge in [-0.2, -0.15) is 13.2 Å². The van der Waals surface area contributed by atoms with Crippen molar-refractivity contribution >= 4 is 58.2 Å². The molecule has 200 valence electrons. The maximum absolute atomic E-state index is 13.3. The zero-order chi connectivity index (χ0) is 28.0. The molecule has 1 atom stereocenters. The molecule has 0 fully saturated rings. The van der Waals surface area contributed by atoms with Gasteiger partial charge in [0, 0.05) is 15.6 Å². The third-order valence-electron chi connectivity index (χ3n) is 5.56. The lowest BCUT2D eigenvalue weighted by atomic mass is 10.1. The van der Waals surface area contributed by atoms with Crippen molar-refractivity contribution in [2.24, 2.45) is 0 Å². The minimum atomic E-state index is -4.58. The average molecular weight is 589 g/mol. The van der Waals surface area contributed by atoms with E-state index in [1.54, 1.807) is 78.9 Å². The van der Waals surface area contributed by atoms with E-state index in [2.05, 4.69) is 10.6 Å². The minimum Gasteiger partial charge on any atom is -0.326 e. The van der Waals surface area contributed by atoms with E-state index in [4.69, 9.17) is 23.2 Å². The third kappa shape index (κ3) is 8.02. The van der Waals surface area contributed by atoms with E-state index < -0.39 is 22.9 Å². The van der Waals surface area contributed by atoms with Gasteiger partial charge in [0.15, 0.2) is 0 Å². The van der Waals surface area contributed by atoms with Crippen LogP contribution >= 0.6 is 35.0 Å². The molecule has 4 aromatic carbocycles. The topological polar surface area (TPSA) is 58.2 Å². The molecule has 0 saturated heterocycles. The summed E-state index contributed by atoms with van der Waals surface area (Å²) in [6.45, 7) is 0. The lowest BCUT2D eigenvalue weighted by Gasteiger charge is -2.18. The molecular formula is C29H21Cl2F3N2O2S. The Kier molecular flexibility index (Phi) is 9.22. The standard InChI is InChI=1S/C29H21Cl2F3N2O2S/c30-21-9-6-18(7-10-21)16-26(37)35-22-11-13-23(14-12-22)39-27(19-4-2-1-3-5-19)28(38)36-25-17-20(29(32,33)34)8-15-24(25)31/h1-15,17,27H,16H2,(H,35,37)(H,36,38). The number of carbonyl (C=O) groups is 2. The maximum atomic E-state index is 13.3. The number of nitrogens with one attached hydrogen (secondary N) is 2. The number of amides is 2. The molecule has 10 heteroatoms. The summed E-state index contributed by atoms with van der Waals surface area (Å²) in [5, 5.41) is 5.17. The Morgan fingerprint density at radius 1 is 0.821 bits per heavy atom. The third-order valence-corrected chi connectivity index (χ3v) is 7.41. The average Bonchev–Trinajstić information content (AvgIpc) is 2.90. The molecule has 0 aliphatic rings. The van der Waals surface area contributed by atoms with Crippen molar-refractivity contribution in [1.29, 1.82) is 0 Å². The minimum absolute atomic E-state index is 0.00754. The second-order valence-electron chi connectivity index (χ2n) is 8.47. The fourth-order valence-electron chi connectivity index (χ4n) is 3.64. The maximum Gasteiger partial charge on any atom is 0.416 e. The van der Waals surface area contributed by atoms with Gasteiger partial charge in [-0.25, -0.2) is 0 Å². The first-order chi connectivity index (χ1) is 18.6. The van der Waals surface area contributed by atoms with Crippen LogP contribution in [-0.4, -0.2) is 11.8 Å². The molecule has 0 aliphatic carbocycles. The summed E-state index contributed by atoms with van der Waals surface area (Å²) in [6.07, 6.45) is -4.40. The molecule has 0 spiro atoms. The monoisotopic (exact) mass is 588 g/mol. The highest BCUT2D eigenvalue weighted by Crippen LogP contribution is 2.38. The molecular weight excluding hydrogens is 568 g/mol. The fraction of sp³-hybridized carbons (Fsp3) is 0.103. The van der Waals surface area contributed by atoms with E-state index in [0.717, 1.165) is 23.8 Å². The molecule has 4 rings (SSSR count). The quantitative estimate of drug-likeness (QED) is 0.202. The Labute approximate surface area is 237 Å². The van der Waals surface area contributed by atoms with Gasteiger partial charge in [-0.05, 0) is 65.7 Å². The van der Waals surface area contributed by atoms with Gasteiger partial charge in [0.05, 0.1) is 22.7 Å².